The van der Waals surface area contributed by atoms with E-state index in [4.69, 9.17) is 14.5 Å². The van der Waals surface area contributed by atoms with Gasteiger partial charge in [-0.3, -0.25) is 0 Å². The second kappa shape index (κ2) is 12.4. The van der Waals surface area contributed by atoms with Gasteiger partial charge in [-0.05, 0) is 58.5 Å². The molecule has 4 aromatic rings. The van der Waals surface area contributed by atoms with Crippen molar-refractivity contribution in [1.29, 1.82) is 5.26 Å². The van der Waals surface area contributed by atoms with Gasteiger partial charge in [0.15, 0.2) is 11.5 Å². The average Bonchev–Trinajstić information content (AvgIpc) is 3.45. The summed E-state index contributed by atoms with van der Waals surface area (Å²) >= 11 is 5.14. The first-order valence-corrected chi connectivity index (χ1v) is 14.4. The van der Waals surface area contributed by atoms with Crippen LogP contribution in [-0.4, -0.2) is 18.3 Å². The summed E-state index contributed by atoms with van der Waals surface area (Å²) in [5, 5.41) is 12.1. The number of ether oxygens (including phenoxy) is 2. The van der Waals surface area contributed by atoms with Gasteiger partial charge in [0, 0.05) is 32.8 Å². The number of hydrogen-bond acceptors (Lipinski definition) is 6. The molecule has 0 aliphatic heterocycles. The van der Waals surface area contributed by atoms with Crippen LogP contribution in [0.25, 0.3) is 11.3 Å². The van der Waals surface area contributed by atoms with Crippen molar-refractivity contribution in [3.63, 3.8) is 0 Å². The maximum atomic E-state index is 9.32. The summed E-state index contributed by atoms with van der Waals surface area (Å²) in [6.45, 7) is 0.267. The first kappa shape index (κ1) is 26.1. The molecule has 0 radical (unpaired) electrons. The van der Waals surface area contributed by atoms with Gasteiger partial charge in [0.1, 0.15) is 6.61 Å². The topological polar surface area (TPSA) is 67.5 Å². The first-order chi connectivity index (χ1) is 18.6. The molecule has 0 unspecified atom stereocenters. The van der Waals surface area contributed by atoms with Crippen molar-refractivity contribution in [2.45, 2.75) is 44.6 Å². The van der Waals surface area contributed by atoms with E-state index in [2.05, 4.69) is 51.3 Å². The van der Waals surface area contributed by atoms with E-state index in [-0.39, 0.29) is 6.61 Å². The van der Waals surface area contributed by atoms with Gasteiger partial charge < -0.3 is 9.47 Å². The summed E-state index contributed by atoms with van der Waals surface area (Å²) in [5.74, 6) is 1.87. The van der Waals surface area contributed by atoms with Crippen molar-refractivity contribution in [2.24, 2.45) is 4.99 Å². The van der Waals surface area contributed by atoms with E-state index < -0.39 is 0 Å². The largest absolute Gasteiger partial charge is 0.493 e. The van der Waals surface area contributed by atoms with E-state index in [1.807, 2.05) is 35.7 Å². The molecule has 0 bridgehead atoms. The Kier molecular flexibility index (Phi) is 8.52. The van der Waals surface area contributed by atoms with Crippen LogP contribution in [0.4, 0.5) is 5.13 Å². The second-order valence-corrected chi connectivity index (χ2v) is 11.0. The van der Waals surface area contributed by atoms with Crippen LogP contribution >= 0.6 is 27.3 Å². The molecule has 0 amide bonds. The molecule has 1 heterocycles. The van der Waals surface area contributed by atoms with Crippen LogP contribution in [0.2, 0.25) is 0 Å². The Hall–Kier alpha value is -3.47. The van der Waals surface area contributed by atoms with E-state index in [0.29, 0.717) is 28.1 Å². The lowest BCUT2D eigenvalue weighted by molar-refractivity contribution is 0.284. The molecular weight excluding hydrogens is 558 g/mol. The Morgan fingerprint density at radius 2 is 1.87 bits per heavy atom. The smallest absolute Gasteiger partial charge is 0.209 e. The highest BCUT2D eigenvalue weighted by atomic mass is 79.9. The zero-order valence-corrected chi connectivity index (χ0v) is 23.6. The quantitative estimate of drug-likeness (QED) is 0.194. The molecule has 0 spiro atoms. The third kappa shape index (κ3) is 6.15. The first-order valence-electron chi connectivity index (χ1n) is 12.7. The normalized spacial score (nSPS) is 13.9. The zero-order valence-electron chi connectivity index (χ0n) is 21.2. The Bertz CT molecular complexity index is 1470. The summed E-state index contributed by atoms with van der Waals surface area (Å²) in [4.78, 5) is 9.35. The average molecular weight is 587 g/mol. The van der Waals surface area contributed by atoms with Gasteiger partial charge in [-0.1, -0.05) is 61.7 Å². The van der Waals surface area contributed by atoms with E-state index in [0.717, 1.165) is 26.9 Å². The molecule has 5 rings (SSSR count). The highest BCUT2D eigenvalue weighted by molar-refractivity contribution is 9.10. The molecule has 1 saturated carbocycles. The van der Waals surface area contributed by atoms with Gasteiger partial charge >= 0.3 is 0 Å². The van der Waals surface area contributed by atoms with Crippen LogP contribution < -0.4 is 9.47 Å². The minimum atomic E-state index is 0.267. The van der Waals surface area contributed by atoms with Crippen molar-refractivity contribution in [3.8, 4) is 28.8 Å². The molecule has 1 aliphatic carbocycles. The van der Waals surface area contributed by atoms with E-state index >= 15 is 0 Å². The molecule has 0 atom stereocenters. The lowest BCUT2D eigenvalue weighted by Gasteiger charge is -2.22. The summed E-state index contributed by atoms with van der Waals surface area (Å²) in [6.07, 6.45) is 8.43. The number of thiazole rings is 1. The second-order valence-electron chi connectivity index (χ2n) is 9.31. The van der Waals surface area contributed by atoms with Crippen molar-refractivity contribution in [2.75, 3.05) is 7.11 Å². The van der Waals surface area contributed by atoms with Crippen LogP contribution in [0, 0.1) is 11.3 Å². The van der Waals surface area contributed by atoms with Crippen molar-refractivity contribution < 1.29 is 9.47 Å². The third-order valence-corrected chi connectivity index (χ3v) is 8.33. The number of nitrogens with zero attached hydrogens (tertiary/aromatic N) is 3. The van der Waals surface area contributed by atoms with E-state index in [9.17, 15) is 5.26 Å². The van der Waals surface area contributed by atoms with Crippen LogP contribution in [-0.2, 0) is 6.61 Å². The molecule has 3 aromatic carbocycles. The van der Waals surface area contributed by atoms with E-state index in [1.54, 1.807) is 19.4 Å². The van der Waals surface area contributed by atoms with Gasteiger partial charge in [0.2, 0.25) is 5.13 Å². The van der Waals surface area contributed by atoms with Crippen molar-refractivity contribution in [3.05, 3.63) is 92.8 Å². The Labute approximate surface area is 235 Å². The molecule has 1 aliphatic rings. The number of halogens is 1. The highest BCUT2D eigenvalue weighted by Gasteiger charge is 2.16. The van der Waals surface area contributed by atoms with Gasteiger partial charge in [-0.2, -0.15) is 5.26 Å². The standard InChI is InChI=1S/C31H28BrN3O2S/c1-36-29-15-26(27(32)16-30(29)37-19-25-10-6-5-9-24(25)17-33)18-34-31-35-28(20-38-31)23-13-11-22(12-14-23)21-7-3-2-4-8-21/h5-6,9-16,18,20-21H,2-4,7-8,19H2,1H3. The monoisotopic (exact) mass is 585 g/mol. The van der Waals surface area contributed by atoms with Crippen molar-refractivity contribution in [1.82, 2.24) is 4.98 Å². The summed E-state index contributed by atoms with van der Waals surface area (Å²) in [7, 11) is 1.60. The number of nitriles is 1. The van der Waals surface area contributed by atoms with Gasteiger partial charge in [0.25, 0.3) is 0 Å². The zero-order chi connectivity index (χ0) is 26.3. The van der Waals surface area contributed by atoms with Crippen LogP contribution in [0.5, 0.6) is 11.5 Å². The van der Waals surface area contributed by atoms with Gasteiger partial charge in [-0.25, -0.2) is 9.98 Å². The van der Waals surface area contributed by atoms with Gasteiger partial charge in [-0.15, -0.1) is 11.3 Å². The lowest BCUT2D eigenvalue weighted by atomic mass is 9.84. The number of rotatable bonds is 8. The van der Waals surface area contributed by atoms with Gasteiger partial charge in [0.05, 0.1) is 24.4 Å². The maximum absolute atomic E-state index is 9.32. The molecule has 0 saturated heterocycles. The Morgan fingerprint density at radius 3 is 2.63 bits per heavy atom. The third-order valence-electron chi connectivity index (χ3n) is 6.89. The fourth-order valence-electron chi connectivity index (χ4n) is 4.78. The highest BCUT2D eigenvalue weighted by Crippen LogP contribution is 2.36. The van der Waals surface area contributed by atoms with Crippen LogP contribution in [0.1, 0.15) is 60.3 Å². The summed E-state index contributed by atoms with van der Waals surface area (Å²) < 4.78 is 12.4. The molecular formula is C31H28BrN3O2S. The fourth-order valence-corrected chi connectivity index (χ4v) is 5.87. The van der Waals surface area contributed by atoms with Crippen LogP contribution in [0.3, 0.4) is 0 Å². The number of aromatic nitrogens is 1. The van der Waals surface area contributed by atoms with E-state index in [1.165, 1.54) is 49.0 Å². The fraction of sp³-hybridized carbons (Fsp3) is 0.258. The number of methoxy groups -OCH3 is 1. The molecule has 1 fully saturated rings. The van der Waals surface area contributed by atoms with Crippen LogP contribution in [0.15, 0.2) is 75.5 Å². The maximum Gasteiger partial charge on any atom is 0.209 e. The molecule has 5 nitrogen and oxygen atoms in total. The lowest BCUT2D eigenvalue weighted by Crippen LogP contribution is -2.04. The van der Waals surface area contributed by atoms with Crippen molar-refractivity contribution >= 4 is 38.6 Å². The molecule has 0 N–H and O–H groups in total. The Balaban J connectivity index is 1.27. The SMILES string of the molecule is COc1cc(C=Nc2nc(-c3ccc(C4CCCCC4)cc3)cs2)c(Br)cc1OCc1ccccc1C#N. The predicted molar refractivity (Wildman–Crippen MR) is 157 cm³/mol. The minimum absolute atomic E-state index is 0.267. The molecule has 7 heteroatoms. The molecule has 192 valence electrons. The molecule has 1 aromatic heterocycles. The number of aliphatic imine (C=N–C) groups is 1. The number of benzene rings is 3. The predicted octanol–water partition coefficient (Wildman–Crippen LogP) is 8.83. The molecule has 38 heavy (non-hydrogen) atoms. The minimum Gasteiger partial charge on any atom is -0.493 e. The summed E-state index contributed by atoms with van der Waals surface area (Å²) in [6, 6.07) is 22.2. The number of hydrogen-bond donors (Lipinski definition) is 0. The summed E-state index contributed by atoms with van der Waals surface area (Å²) in [5.41, 5.74) is 5.77. The Morgan fingerprint density at radius 1 is 1.08 bits per heavy atom.